The van der Waals surface area contributed by atoms with Crippen LogP contribution < -0.4 is 10.6 Å². The number of anilines is 1. The van der Waals surface area contributed by atoms with E-state index in [2.05, 4.69) is 15.6 Å². The van der Waals surface area contributed by atoms with Gasteiger partial charge in [-0.05, 0) is 5.92 Å². The third-order valence-electron chi connectivity index (χ3n) is 2.97. The van der Waals surface area contributed by atoms with Gasteiger partial charge in [0.2, 0.25) is 5.91 Å². The highest BCUT2D eigenvalue weighted by molar-refractivity contribution is 7.14. The van der Waals surface area contributed by atoms with Crippen molar-refractivity contribution >= 4 is 28.3 Å². The molecule has 2 N–H and O–H groups in total. The van der Waals surface area contributed by atoms with Crippen molar-refractivity contribution in [1.29, 1.82) is 0 Å². The summed E-state index contributed by atoms with van der Waals surface area (Å²) in [5, 5.41) is 8.14. The van der Waals surface area contributed by atoms with Gasteiger partial charge in [-0.1, -0.05) is 13.8 Å². The van der Waals surface area contributed by atoms with E-state index < -0.39 is 0 Å². The third kappa shape index (κ3) is 4.01. The molecule has 110 valence electrons. The number of carbonyl (C=O) groups excluding carboxylic acids is 2. The van der Waals surface area contributed by atoms with Gasteiger partial charge < -0.3 is 15.5 Å². The monoisotopic (exact) mass is 296 g/mol. The topological polar surface area (TPSA) is 74.3 Å². The number of hydrogen-bond acceptors (Lipinski definition) is 5. The van der Waals surface area contributed by atoms with Crippen LogP contribution in [0.2, 0.25) is 0 Å². The van der Waals surface area contributed by atoms with Gasteiger partial charge in [0.15, 0.2) is 5.13 Å². The lowest BCUT2D eigenvalue weighted by atomic mass is 10.1. The molecule has 7 heteroatoms. The zero-order valence-electron chi connectivity index (χ0n) is 11.8. The minimum atomic E-state index is -0.0629. The summed E-state index contributed by atoms with van der Waals surface area (Å²) in [5.41, 5.74) is 0.414. The average molecular weight is 296 g/mol. The summed E-state index contributed by atoms with van der Waals surface area (Å²) < 4.78 is 0. The molecule has 0 spiro atoms. The Morgan fingerprint density at radius 3 is 2.80 bits per heavy atom. The number of nitrogens with zero attached hydrogens (tertiary/aromatic N) is 2. The fourth-order valence-electron chi connectivity index (χ4n) is 2.00. The Morgan fingerprint density at radius 1 is 1.45 bits per heavy atom. The molecule has 2 rings (SSSR count). The third-order valence-corrected chi connectivity index (χ3v) is 3.73. The van der Waals surface area contributed by atoms with Gasteiger partial charge >= 0.3 is 0 Å². The van der Waals surface area contributed by atoms with Crippen molar-refractivity contribution in [1.82, 2.24) is 15.2 Å². The van der Waals surface area contributed by atoms with Crippen molar-refractivity contribution in [3.05, 3.63) is 11.1 Å². The van der Waals surface area contributed by atoms with Crippen LogP contribution in [0.3, 0.4) is 0 Å². The standard InChI is InChI=1S/C13H20N4O2S/c1-9(2)7-11(18)16-13-15-10(8-20-13)12(19)17-5-3-14-4-6-17/h8-9,14H,3-7H2,1-2H3,(H,15,16,18). The van der Waals surface area contributed by atoms with Gasteiger partial charge in [0.05, 0.1) is 0 Å². The van der Waals surface area contributed by atoms with Crippen molar-refractivity contribution in [3.63, 3.8) is 0 Å². The van der Waals surface area contributed by atoms with Crippen LogP contribution in [-0.4, -0.2) is 47.9 Å². The molecule has 1 aliphatic rings. The highest BCUT2D eigenvalue weighted by Gasteiger charge is 2.20. The van der Waals surface area contributed by atoms with E-state index in [-0.39, 0.29) is 11.8 Å². The number of piperazine rings is 1. The Morgan fingerprint density at radius 2 is 2.15 bits per heavy atom. The zero-order chi connectivity index (χ0) is 14.5. The number of nitrogens with one attached hydrogen (secondary N) is 2. The molecule has 0 unspecified atom stereocenters. The number of hydrogen-bond donors (Lipinski definition) is 2. The molecule has 0 radical (unpaired) electrons. The predicted molar refractivity (Wildman–Crippen MR) is 79.0 cm³/mol. The molecular formula is C13H20N4O2S. The van der Waals surface area contributed by atoms with Crippen molar-refractivity contribution < 1.29 is 9.59 Å². The predicted octanol–water partition coefficient (Wildman–Crippen LogP) is 1.17. The number of thiazole rings is 1. The van der Waals surface area contributed by atoms with Crippen LogP contribution >= 0.6 is 11.3 Å². The highest BCUT2D eigenvalue weighted by atomic mass is 32.1. The highest BCUT2D eigenvalue weighted by Crippen LogP contribution is 2.17. The number of carbonyl (C=O) groups is 2. The van der Waals surface area contributed by atoms with E-state index in [0.29, 0.717) is 36.3 Å². The Bertz CT molecular complexity index is 480. The van der Waals surface area contributed by atoms with Crippen LogP contribution in [0.15, 0.2) is 5.38 Å². The first kappa shape index (κ1) is 14.9. The molecule has 20 heavy (non-hydrogen) atoms. The lowest BCUT2D eigenvalue weighted by Crippen LogP contribution is -2.46. The largest absolute Gasteiger partial charge is 0.335 e. The van der Waals surface area contributed by atoms with E-state index in [0.717, 1.165) is 13.1 Å². The molecule has 0 atom stereocenters. The average Bonchev–Trinajstić information content (AvgIpc) is 2.86. The molecule has 1 saturated heterocycles. The normalized spacial score (nSPS) is 15.4. The molecule has 2 amide bonds. The van der Waals surface area contributed by atoms with Gasteiger partial charge in [-0.15, -0.1) is 11.3 Å². The Balaban J connectivity index is 1.94. The van der Waals surface area contributed by atoms with Crippen molar-refractivity contribution in [2.75, 3.05) is 31.5 Å². The summed E-state index contributed by atoms with van der Waals surface area (Å²) >= 11 is 1.29. The van der Waals surface area contributed by atoms with Gasteiger partial charge in [-0.2, -0.15) is 0 Å². The molecular weight excluding hydrogens is 276 g/mol. The first-order valence-electron chi connectivity index (χ1n) is 6.81. The second-order valence-electron chi connectivity index (χ2n) is 5.23. The molecule has 1 aromatic heterocycles. The van der Waals surface area contributed by atoms with Gasteiger partial charge in [0.1, 0.15) is 5.69 Å². The van der Waals surface area contributed by atoms with Crippen LogP contribution in [0.1, 0.15) is 30.8 Å². The van der Waals surface area contributed by atoms with Crippen LogP contribution in [0, 0.1) is 5.92 Å². The van der Waals surface area contributed by atoms with Crippen LogP contribution in [-0.2, 0) is 4.79 Å². The molecule has 0 bridgehead atoms. The minimum absolute atomic E-state index is 0.0597. The minimum Gasteiger partial charge on any atom is -0.335 e. The summed E-state index contributed by atoms with van der Waals surface area (Å²) in [6, 6.07) is 0. The summed E-state index contributed by atoms with van der Waals surface area (Å²) in [6.07, 6.45) is 0.459. The summed E-state index contributed by atoms with van der Waals surface area (Å²) in [6.45, 7) is 7.00. The maximum Gasteiger partial charge on any atom is 0.273 e. The van der Waals surface area contributed by atoms with Crippen molar-refractivity contribution in [3.8, 4) is 0 Å². The van der Waals surface area contributed by atoms with Crippen LogP contribution in [0.25, 0.3) is 0 Å². The summed E-state index contributed by atoms with van der Waals surface area (Å²) in [7, 11) is 0. The fraction of sp³-hybridized carbons (Fsp3) is 0.615. The van der Waals surface area contributed by atoms with E-state index >= 15 is 0 Å². The molecule has 1 aromatic rings. The zero-order valence-corrected chi connectivity index (χ0v) is 12.6. The fourth-order valence-corrected chi connectivity index (χ4v) is 2.70. The van der Waals surface area contributed by atoms with Crippen molar-refractivity contribution in [2.45, 2.75) is 20.3 Å². The van der Waals surface area contributed by atoms with Crippen molar-refractivity contribution in [2.24, 2.45) is 5.92 Å². The Hall–Kier alpha value is -1.47. The molecule has 6 nitrogen and oxygen atoms in total. The maximum atomic E-state index is 12.2. The van der Waals surface area contributed by atoms with Gasteiger partial charge in [-0.3, -0.25) is 9.59 Å². The number of amides is 2. The van der Waals surface area contributed by atoms with E-state index in [1.165, 1.54) is 11.3 Å². The number of aromatic nitrogens is 1. The van der Waals surface area contributed by atoms with E-state index in [4.69, 9.17) is 0 Å². The SMILES string of the molecule is CC(C)CC(=O)Nc1nc(C(=O)N2CCNCC2)cs1. The quantitative estimate of drug-likeness (QED) is 0.875. The second kappa shape index (κ2) is 6.81. The lowest BCUT2D eigenvalue weighted by Gasteiger charge is -2.26. The first-order valence-corrected chi connectivity index (χ1v) is 7.69. The molecule has 1 aliphatic heterocycles. The van der Waals surface area contributed by atoms with Crippen LogP contribution in [0.4, 0.5) is 5.13 Å². The molecule has 0 aromatic carbocycles. The van der Waals surface area contributed by atoms with E-state index in [1.807, 2.05) is 13.8 Å². The van der Waals surface area contributed by atoms with E-state index in [9.17, 15) is 9.59 Å². The van der Waals surface area contributed by atoms with Gasteiger partial charge in [0, 0.05) is 38.0 Å². The Labute approximate surface area is 122 Å². The molecule has 2 heterocycles. The summed E-state index contributed by atoms with van der Waals surface area (Å²) in [5.74, 6) is 0.180. The molecule has 0 saturated carbocycles. The summed E-state index contributed by atoms with van der Waals surface area (Å²) in [4.78, 5) is 29.9. The number of rotatable bonds is 4. The molecule has 0 aliphatic carbocycles. The van der Waals surface area contributed by atoms with Gasteiger partial charge in [0.25, 0.3) is 5.91 Å². The second-order valence-corrected chi connectivity index (χ2v) is 6.08. The van der Waals surface area contributed by atoms with Gasteiger partial charge in [-0.25, -0.2) is 4.98 Å². The van der Waals surface area contributed by atoms with E-state index in [1.54, 1.807) is 10.3 Å². The molecule has 1 fully saturated rings. The van der Waals surface area contributed by atoms with Crippen LogP contribution in [0.5, 0.6) is 0 Å². The first-order chi connectivity index (χ1) is 9.56. The lowest BCUT2D eigenvalue weighted by molar-refractivity contribution is -0.116. The maximum absolute atomic E-state index is 12.2. The smallest absolute Gasteiger partial charge is 0.273 e. The Kier molecular flexibility index (Phi) is 5.08.